The predicted octanol–water partition coefficient (Wildman–Crippen LogP) is 1.02. The zero-order valence-electron chi connectivity index (χ0n) is 12.6. The van der Waals surface area contributed by atoms with E-state index in [0.29, 0.717) is 13.0 Å². The number of carbonyl (C=O) groups excluding carboxylic acids is 2. The van der Waals surface area contributed by atoms with Crippen LogP contribution in [0.15, 0.2) is 0 Å². The molecule has 0 radical (unpaired) electrons. The molecule has 2 amide bonds. The van der Waals surface area contributed by atoms with Crippen molar-refractivity contribution in [2.24, 2.45) is 5.41 Å². The van der Waals surface area contributed by atoms with Gasteiger partial charge >= 0.3 is 0 Å². The minimum absolute atomic E-state index is 0. The second-order valence-corrected chi connectivity index (χ2v) is 6.47. The normalized spacial score (nSPS) is 28.8. The van der Waals surface area contributed by atoms with Crippen molar-refractivity contribution >= 4 is 24.2 Å². The van der Waals surface area contributed by atoms with Gasteiger partial charge in [-0.05, 0) is 38.6 Å². The lowest BCUT2D eigenvalue weighted by Gasteiger charge is -2.32. The Labute approximate surface area is 132 Å². The molecule has 6 heteroatoms. The third-order valence-electron chi connectivity index (χ3n) is 5.04. The maximum Gasteiger partial charge on any atom is 0.230 e. The van der Waals surface area contributed by atoms with Crippen LogP contribution in [0.3, 0.4) is 0 Å². The van der Waals surface area contributed by atoms with Crippen LogP contribution in [0.2, 0.25) is 0 Å². The van der Waals surface area contributed by atoms with Crippen molar-refractivity contribution in [3.8, 4) is 0 Å². The topological polar surface area (TPSA) is 52.7 Å². The van der Waals surface area contributed by atoms with Crippen molar-refractivity contribution in [3.63, 3.8) is 0 Å². The van der Waals surface area contributed by atoms with E-state index in [2.05, 4.69) is 5.32 Å². The Balaban J connectivity index is 0.00000161. The van der Waals surface area contributed by atoms with Crippen molar-refractivity contribution in [2.45, 2.75) is 38.5 Å². The lowest BCUT2D eigenvalue weighted by atomic mass is 9.81. The summed E-state index contributed by atoms with van der Waals surface area (Å²) in [6.07, 6.45) is 5.63. The molecular weight excluding hydrogens is 290 g/mol. The fourth-order valence-corrected chi connectivity index (χ4v) is 3.78. The number of hydrogen-bond donors (Lipinski definition) is 1. The lowest BCUT2D eigenvalue weighted by molar-refractivity contribution is -0.146. The molecule has 0 saturated carbocycles. The van der Waals surface area contributed by atoms with Gasteiger partial charge in [-0.25, -0.2) is 0 Å². The first-order valence-electron chi connectivity index (χ1n) is 7.99. The van der Waals surface area contributed by atoms with Crippen LogP contribution >= 0.6 is 12.4 Å². The Bertz CT molecular complexity index is 384. The van der Waals surface area contributed by atoms with E-state index in [4.69, 9.17) is 0 Å². The molecule has 3 aliphatic rings. The van der Waals surface area contributed by atoms with Crippen LogP contribution in [-0.2, 0) is 9.59 Å². The van der Waals surface area contributed by atoms with E-state index in [1.54, 1.807) is 0 Å². The first-order chi connectivity index (χ1) is 9.71. The van der Waals surface area contributed by atoms with Gasteiger partial charge in [0.25, 0.3) is 0 Å². The minimum Gasteiger partial charge on any atom is -0.343 e. The summed E-state index contributed by atoms with van der Waals surface area (Å²) in [4.78, 5) is 29.2. The highest BCUT2D eigenvalue weighted by molar-refractivity contribution is 5.89. The Kier molecular flexibility index (Phi) is 5.49. The molecule has 21 heavy (non-hydrogen) atoms. The van der Waals surface area contributed by atoms with Gasteiger partial charge in [0, 0.05) is 39.1 Å². The molecule has 3 saturated heterocycles. The van der Waals surface area contributed by atoms with Gasteiger partial charge in [-0.2, -0.15) is 0 Å². The van der Waals surface area contributed by atoms with Crippen LogP contribution in [0.1, 0.15) is 38.5 Å². The first kappa shape index (κ1) is 16.6. The molecule has 0 spiro atoms. The van der Waals surface area contributed by atoms with Crippen LogP contribution in [-0.4, -0.2) is 60.9 Å². The van der Waals surface area contributed by atoms with Crippen LogP contribution in [0.4, 0.5) is 0 Å². The summed E-state index contributed by atoms with van der Waals surface area (Å²) in [5, 5.41) is 3.30. The second-order valence-electron chi connectivity index (χ2n) is 6.47. The largest absolute Gasteiger partial charge is 0.343 e. The molecule has 5 nitrogen and oxygen atoms in total. The number of amides is 2. The molecule has 3 aliphatic heterocycles. The summed E-state index contributed by atoms with van der Waals surface area (Å²) in [6.45, 7) is 5.02. The molecular formula is C15H26ClN3O2. The van der Waals surface area contributed by atoms with Gasteiger partial charge in [0.15, 0.2) is 0 Å². The molecule has 3 heterocycles. The van der Waals surface area contributed by atoms with Gasteiger partial charge in [-0.3, -0.25) is 9.59 Å². The smallest absolute Gasteiger partial charge is 0.230 e. The molecule has 3 fully saturated rings. The summed E-state index contributed by atoms with van der Waals surface area (Å²) in [5.74, 6) is 0.395. The highest BCUT2D eigenvalue weighted by Crippen LogP contribution is 2.34. The zero-order chi connectivity index (χ0) is 14.0. The quantitative estimate of drug-likeness (QED) is 0.846. The van der Waals surface area contributed by atoms with E-state index >= 15 is 0 Å². The van der Waals surface area contributed by atoms with Gasteiger partial charge in [0.05, 0.1) is 5.41 Å². The SMILES string of the molecule is Cl.O=C(CC1(C(=O)N2CCCC2)CCNC1)N1CCCC1. The average molecular weight is 316 g/mol. The summed E-state index contributed by atoms with van der Waals surface area (Å²) < 4.78 is 0. The van der Waals surface area contributed by atoms with Gasteiger partial charge < -0.3 is 15.1 Å². The Morgan fingerprint density at radius 1 is 0.952 bits per heavy atom. The van der Waals surface area contributed by atoms with E-state index in [9.17, 15) is 9.59 Å². The molecule has 0 aromatic rings. The van der Waals surface area contributed by atoms with Crippen molar-refractivity contribution < 1.29 is 9.59 Å². The van der Waals surface area contributed by atoms with Crippen LogP contribution in [0.5, 0.6) is 0 Å². The van der Waals surface area contributed by atoms with Crippen LogP contribution in [0, 0.1) is 5.41 Å². The number of carbonyl (C=O) groups is 2. The molecule has 0 aliphatic carbocycles. The van der Waals surface area contributed by atoms with Crippen molar-refractivity contribution in [2.75, 3.05) is 39.3 Å². The maximum atomic E-state index is 12.8. The van der Waals surface area contributed by atoms with E-state index in [1.165, 1.54) is 0 Å². The summed E-state index contributed by atoms with van der Waals surface area (Å²) >= 11 is 0. The third-order valence-corrected chi connectivity index (χ3v) is 5.04. The number of halogens is 1. The number of nitrogens with one attached hydrogen (secondary N) is 1. The van der Waals surface area contributed by atoms with Crippen LogP contribution < -0.4 is 5.32 Å². The second kappa shape index (κ2) is 6.97. The summed E-state index contributed by atoms with van der Waals surface area (Å²) in [5.41, 5.74) is -0.468. The van der Waals surface area contributed by atoms with E-state index in [1.807, 2.05) is 9.80 Å². The minimum atomic E-state index is -0.468. The predicted molar refractivity (Wildman–Crippen MR) is 83.4 cm³/mol. The molecule has 0 aromatic carbocycles. The standard InChI is InChI=1S/C15H25N3O2.ClH/c19-13(17-7-1-2-8-17)11-15(5-6-16-12-15)14(20)18-9-3-4-10-18;/h16H,1-12H2;1H. The average Bonchev–Trinajstić information content (AvgIpc) is 3.20. The van der Waals surface area contributed by atoms with Gasteiger partial charge in [-0.1, -0.05) is 0 Å². The summed E-state index contributed by atoms with van der Waals surface area (Å²) in [7, 11) is 0. The number of rotatable bonds is 3. The molecule has 3 rings (SSSR count). The molecule has 1 unspecified atom stereocenters. The number of likely N-dealkylation sites (tertiary alicyclic amines) is 2. The van der Waals surface area contributed by atoms with E-state index in [-0.39, 0.29) is 24.2 Å². The third kappa shape index (κ3) is 3.34. The molecule has 120 valence electrons. The molecule has 1 N–H and O–H groups in total. The van der Waals surface area contributed by atoms with Gasteiger partial charge in [-0.15, -0.1) is 12.4 Å². The highest BCUT2D eigenvalue weighted by atomic mass is 35.5. The zero-order valence-corrected chi connectivity index (χ0v) is 13.4. The van der Waals surface area contributed by atoms with Gasteiger partial charge in [0.1, 0.15) is 0 Å². The van der Waals surface area contributed by atoms with E-state index < -0.39 is 5.41 Å². The number of hydrogen-bond acceptors (Lipinski definition) is 3. The Hall–Kier alpha value is -0.810. The monoisotopic (exact) mass is 315 g/mol. The molecule has 0 bridgehead atoms. The molecule has 1 atom stereocenters. The Morgan fingerprint density at radius 3 is 2.05 bits per heavy atom. The van der Waals surface area contributed by atoms with Crippen molar-refractivity contribution in [1.82, 2.24) is 15.1 Å². The summed E-state index contributed by atoms with van der Waals surface area (Å²) in [6, 6.07) is 0. The van der Waals surface area contributed by atoms with Crippen molar-refractivity contribution in [1.29, 1.82) is 0 Å². The molecule has 0 aromatic heterocycles. The highest BCUT2D eigenvalue weighted by Gasteiger charge is 2.46. The van der Waals surface area contributed by atoms with E-state index in [0.717, 1.165) is 64.8 Å². The number of nitrogens with zero attached hydrogens (tertiary/aromatic N) is 2. The van der Waals surface area contributed by atoms with Crippen LogP contribution in [0.25, 0.3) is 0 Å². The fourth-order valence-electron chi connectivity index (χ4n) is 3.78. The fraction of sp³-hybridized carbons (Fsp3) is 0.867. The first-order valence-corrected chi connectivity index (χ1v) is 7.99. The van der Waals surface area contributed by atoms with Gasteiger partial charge in [0.2, 0.25) is 11.8 Å². The van der Waals surface area contributed by atoms with Crippen molar-refractivity contribution in [3.05, 3.63) is 0 Å². The lowest BCUT2D eigenvalue weighted by Crippen LogP contribution is -2.47. The Morgan fingerprint density at radius 2 is 1.52 bits per heavy atom. The maximum absolute atomic E-state index is 12.8.